The molecule has 4 heterocycles. The SMILES string of the molecule is CC(C)c1nc2sc3c(c2c2nnc(SCc4ccccn4)n12)CC[C@H](C)C3. The molecule has 28 heavy (non-hydrogen) atoms. The Hall–Kier alpha value is -1.99. The van der Waals surface area contributed by atoms with Crippen LogP contribution in [0.3, 0.4) is 0 Å². The van der Waals surface area contributed by atoms with Gasteiger partial charge in [0.1, 0.15) is 10.7 Å². The molecular weight excluding hydrogens is 386 g/mol. The molecule has 0 aromatic carbocycles. The maximum Gasteiger partial charge on any atom is 0.197 e. The largest absolute Gasteiger partial charge is 0.260 e. The molecule has 0 amide bonds. The van der Waals surface area contributed by atoms with Crippen LogP contribution in [0.15, 0.2) is 29.6 Å². The fraction of sp³-hybridized carbons (Fsp3) is 0.429. The van der Waals surface area contributed by atoms with Crippen molar-refractivity contribution in [3.63, 3.8) is 0 Å². The van der Waals surface area contributed by atoms with E-state index in [0.717, 1.165) is 51.7 Å². The van der Waals surface area contributed by atoms with Crippen molar-refractivity contribution in [3.8, 4) is 0 Å². The first-order chi connectivity index (χ1) is 13.6. The lowest BCUT2D eigenvalue weighted by Gasteiger charge is -2.17. The number of pyridine rings is 1. The summed E-state index contributed by atoms with van der Waals surface area (Å²) < 4.78 is 2.19. The molecule has 1 aliphatic rings. The number of aromatic nitrogens is 5. The first-order valence-electron chi connectivity index (χ1n) is 9.83. The molecule has 144 valence electrons. The maximum absolute atomic E-state index is 5.09. The Morgan fingerprint density at radius 2 is 2.18 bits per heavy atom. The van der Waals surface area contributed by atoms with E-state index in [1.54, 1.807) is 11.8 Å². The quantitative estimate of drug-likeness (QED) is 0.430. The number of rotatable bonds is 4. The predicted molar refractivity (Wildman–Crippen MR) is 115 cm³/mol. The highest BCUT2D eigenvalue weighted by Gasteiger charge is 2.26. The number of aryl methyl sites for hydroxylation is 1. The van der Waals surface area contributed by atoms with Gasteiger partial charge in [0.15, 0.2) is 10.8 Å². The molecule has 0 saturated heterocycles. The Bertz CT molecular complexity index is 1150. The van der Waals surface area contributed by atoms with Crippen molar-refractivity contribution in [2.45, 2.75) is 56.9 Å². The van der Waals surface area contributed by atoms with Crippen LogP contribution >= 0.6 is 23.1 Å². The van der Waals surface area contributed by atoms with Crippen LogP contribution in [0.25, 0.3) is 15.9 Å². The number of hydrogen-bond acceptors (Lipinski definition) is 6. The second-order valence-electron chi connectivity index (χ2n) is 7.91. The molecular formula is C21H23N5S2. The van der Waals surface area contributed by atoms with Crippen molar-refractivity contribution in [1.29, 1.82) is 0 Å². The number of nitrogens with zero attached hydrogens (tertiary/aromatic N) is 5. The predicted octanol–water partition coefficient (Wildman–Crippen LogP) is 5.27. The molecule has 4 aromatic heterocycles. The standard InChI is InChI=1S/C21H23N5S2/c1-12(2)18-23-20-17(15-8-7-13(3)10-16(15)28-20)19-24-25-21(26(18)19)27-11-14-6-4-5-9-22-14/h4-6,9,12-13H,7-8,10-11H2,1-3H3/t13-/m0/s1. The van der Waals surface area contributed by atoms with Crippen molar-refractivity contribution in [3.05, 3.63) is 46.4 Å². The minimum absolute atomic E-state index is 0.301. The van der Waals surface area contributed by atoms with Gasteiger partial charge in [-0.2, -0.15) is 0 Å². The highest BCUT2D eigenvalue weighted by Crippen LogP contribution is 2.40. The van der Waals surface area contributed by atoms with Gasteiger partial charge in [-0.15, -0.1) is 21.5 Å². The van der Waals surface area contributed by atoms with Crippen molar-refractivity contribution in [2.75, 3.05) is 0 Å². The Balaban J connectivity index is 1.65. The van der Waals surface area contributed by atoms with Crippen LogP contribution in [0.5, 0.6) is 0 Å². The smallest absolute Gasteiger partial charge is 0.197 e. The summed E-state index contributed by atoms with van der Waals surface area (Å²) in [7, 11) is 0. The van der Waals surface area contributed by atoms with Crippen LogP contribution < -0.4 is 0 Å². The lowest BCUT2D eigenvalue weighted by molar-refractivity contribution is 0.509. The Morgan fingerprint density at radius 1 is 1.29 bits per heavy atom. The van der Waals surface area contributed by atoms with E-state index in [2.05, 4.69) is 40.4 Å². The Morgan fingerprint density at radius 3 is 2.96 bits per heavy atom. The molecule has 0 radical (unpaired) electrons. The average molecular weight is 410 g/mol. The number of thioether (sulfide) groups is 1. The normalized spacial score (nSPS) is 16.9. The minimum atomic E-state index is 0.301. The highest BCUT2D eigenvalue weighted by molar-refractivity contribution is 7.98. The van der Waals surface area contributed by atoms with Gasteiger partial charge in [0.2, 0.25) is 0 Å². The molecule has 0 saturated carbocycles. The van der Waals surface area contributed by atoms with Crippen LogP contribution in [0.4, 0.5) is 0 Å². The molecule has 0 fully saturated rings. The summed E-state index contributed by atoms with van der Waals surface area (Å²) in [6, 6.07) is 6.01. The van der Waals surface area contributed by atoms with Crippen molar-refractivity contribution >= 4 is 39.0 Å². The van der Waals surface area contributed by atoms with Crippen LogP contribution in [-0.2, 0) is 18.6 Å². The summed E-state index contributed by atoms with van der Waals surface area (Å²) in [6.07, 6.45) is 5.36. The average Bonchev–Trinajstić information content (AvgIpc) is 3.26. The Labute approximate surface area is 172 Å². The molecule has 1 atom stereocenters. The highest BCUT2D eigenvalue weighted by atomic mass is 32.2. The fourth-order valence-corrected chi connectivity index (χ4v) is 6.18. The maximum atomic E-state index is 5.09. The zero-order valence-corrected chi connectivity index (χ0v) is 18.0. The number of hydrogen-bond donors (Lipinski definition) is 0. The van der Waals surface area contributed by atoms with E-state index < -0.39 is 0 Å². The van der Waals surface area contributed by atoms with Gasteiger partial charge < -0.3 is 0 Å². The molecule has 7 heteroatoms. The summed E-state index contributed by atoms with van der Waals surface area (Å²) in [5.74, 6) is 2.87. The van der Waals surface area contributed by atoms with E-state index in [4.69, 9.17) is 4.98 Å². The van der Waals surface area contributed by atoms with Crippen LogP contribution in [0.1, 0.15) is 55.1 Å². The van der Waals surface area contributed by atoms with Crippen molar-refractivity contribution in [1.82, 2.24) is 24.6 Å². The lowest BCUT2D eigenvalue weighted by atomic mass is 9.89. The van der Waals surface area contributed by atoms with E-state index in [0.29, 0.717) is 5.92 Å². The van der Waals surface area contributed by atoms with Gasteiger partial charge in [-0.3, -0.25) is 9.38 Å². The number of fused-ring (bicyclic) bond motifs is 5. The first-order valence-corrected chi connectivity index (χ1v) is 11.6. The second-order valence-corrected chi connectivity index (χ2v) is 9.93. The molecule has 0 spiro atoms. The Kier molecular flexibility index (Phi) is 4.59. The topological polar surface area (TPSA) is 56.0 Å². The van der Waals surface area contributed by atoms with Gasteiger partial charge in [0.25, 0.3) is 0 Å². The second kappa shape index (κ2) is 7.12. The molecule has 0 aliphatic heterocycles. The molecule has 0 unspecified atom stereocenters. The zero-order chi connectivity index (χ0) is 19.3. The van der Waals surface area contributed by atoms with Crippen LogP contribution in [0, 0.1) is 5.92 Å². The van der Waals surface area contributed by atoms with E-state index >= 15 is 0 Å². The summed E-state index contributed by atoms with van der Waals surface area (Å²) in [5, 5.41) is 11.3. The monoisotopic (exact) mass is 409 g/mol. The third-order valence-electron chi connectivity index (χ3n) is 5.39. The van der Waals surface area contributed by atoms with E-state index in [-0.39, 0.29) is 0 Å². The number of thiophene rings is 1. The van der Waals surface area contributed by atoms with Gasteiger partial charge in [0, 0.05) is 22.7 Å². The molecule has 0 bridgehead atoms. The van der Waals surface area contributed by atoms with Gasteiger partial charge in [0.05, 0.1) is 11.1 Å². The molecule has 1 aliphatic carbocycles. The minimum Gasteiger partial charge on any atom is -0.260 e. The van der Waals surface area contributed by atoms with Gasteiger partial charge >= 0.3 is 0 Å². The third kappa shape index (κ3) is 3.01. The van der Waals surface area contributed by atoms with Crippen LogP contribution in [-0.4, -0.2) is 24.6 Å². The molecule has 5 nitrogen and oxygen atoms in total. The first kappa shape index (κ1) is 18.1. The van der Waals surface area contributed by atoms with Gasteiger partial charge in [-0.25, -0.2) is 4.98 Å². The molecule has 0 N–H and O–H groups in total. The molecule has 4 aromatic rings. The van der Waals surface area contributed by atoms with Crippen molar-refractivity contribution < 1.29 is 0 Å². The van der Waals surface area contributed by atoms with E-state index in [9.17, 15) is 0 Å². The van der Waals surface area contributed by atoms with Gasteiger partial charge in [-0.05, 0) is 42.9 Å². The van der Waals surface area contributed by atoms with E-state index in [1.807, 2.05) is 35.7 Å². The summed E-state index contributed by atoms with van der Waals surface area (Å²) in [5.41, 5.74) is 3.48. The summed E-state index contributed by atoms with van der Waals surface area (Å²) in [4.78, 5) is 12.1. The van der Waals surface area contributed by atoms with E-state index in [1.165, 1.54) is 22.2 Å². The lowest BCUT2D eigenvalue weighted by Crippen LogP contribution is -2.09. The third-order valence-corrected chi connectivity index (χ3v) is 7.50. The van der Waals surface area contributed by atoms with Crippen LogP contribution in [0.2, 0.25) is 0 Å². The summed E-state index contributed by atoms with van der Waals surface area (Å²) in [6.45, 7) is 6.73. The van der Waals surface area contributed by atoms with Gasteiger partial charge in [-0.1, -0.05) is 38.6 Å². The van der Waals surface area contributed by atoms with Crippen molar-refractivity contribution in [2.24, 2.45) is 5.92 Å². The fourth-order valence-electron chi connectivity index (χ4n) is 3.94. The summed E-state index contributed by atoms with van der Waals surface area (Å²) >= 11 is 3.54. The zero-order valence-electron chi connectivity index (χ0n) is 16.3. The molecule has 5 rings (SSSR count).